The van der Waals surface area contributed by atoms with E-state index in [0.29, 0.717) is 11.4 Å². The molecule has 128 valence electrons. The monoisotopic (exact) mass is 378 g/mol. The fourth-order valence-electron chi connectivity index (χ4n) is 2.32. The Balaban J connectivity index is 1.95. The number of hydrogen-bond donors (Lipinski definition) is 2. The molecule has 2 aromatic carbocycles. The van der Waals surface area contributed by atoms with E-state index in [2.05, 4.69) is 15.3 Å². The van der Waals surface area contributed by atoms with Crippen LogP contribution in [0.2, 0.25) is 0 Å². The van der Waals surface area contributed by atoms with Gasteiger partial charge in [0, 0.05) is 11.1 Å². The van der Waals surface area contributed by atoms with Crippen molar-refractivity contribution in [2.75, 3.05) is 0 Å². The number of carbonyl (C=O) groups is 1. The highest BCUT2D eigenvalue weighted by atomic mass is 35.5. The predicted molar refractivity (Wildman–Crippen MR) is 96.7 cm³/mol. The number of alkyl halides is 2. The lowest BCUT2D eigenvalue weighted by Crippen LogP contribution is -2.59. The highest BCUT2D eigenvalue weighted by Crippen LogP contribution is 2.28. The largest absolute Gasteiger partial charge is 0.383 e. The number of rotatable bonds is 4. The van der Waals surface area contributed by atoms with E-state index in [9.17, 15) is 9.18 Å². The summed E-state index contributed by atoms with van der Waals surface area (Å²) in [6, 6.07) is 14.1. The summed E-state index contributed by atoms with van der Waals surface area (Å²) in [6.07, 6.45) is 0. The highest BCUT2D eigenvalue weighted by Gasteiger charge is 2.46. The molecule has 0 fully saturated rings. The Hall–Kier alpha value is -2.44. The van der Waals surface area contributed by atoms with Gasteiger partial charge in [0.05, 0.1) is 0 Å². The van der Waals surface area contributed by atoms with Crippen LogP contribution in [0, 0.1) is 5.82 Å². The highest BCUT2D eigenvalue weighted by molar-refractivity contribution is 6.47. The standard InChI is InChI=1S/C17H13Cl2FN4O/c18-15(19)17(24-14(25)11-6-8-12(20)9-7-11)16(21)22-13(23-17)10-4-2-1-3-5-10/h1-9,15H,(H,24,25)(H2,21,22,23). The Bertz CT molecular complexity index is 853. The molecule has 1 unspecified atom stereocenters. The minimum atomic E-state index is -1.60. The molecule has 0 radical (unpaired) electrons. The first-order valence-electron chi connectivity index (χ1n) is 7.28. The molecule has 2 aromatic rings. The predicted octanol–water partition coefficient (Wildman–Crippen LogP) is 2.87. The second-order valence-electron chi connectivity index (χ2n) is 5.33. The number of amides is 1. The van der Waals surface area contributed by atoms with Crippen molar-refractivity contribution in [1.82, 2.24) is 5.32 Å². The van der Waals surface area contributed by atoms with Gasteiger partial charge in [-0.25, -0.2) is 14.4 Å². The van der Waals surface area contributed by atoms with Gasteiger partial charge >= 0.3 is 0 Å². The first-order chi connectivity index (χ1) is 11.9. The smallest absolute Gasteiger partial charge is 0.253 e. The van der Waals surface area contributed by atoms with E-state index in [4.69, 9.17) is 28.9 Å². The van der Waals surface area contributed by atoms with Crippen LogP contribution in [-0.4, -0.2) is 28.1 Å². The SMILES string of the molecule is NC1=NC(c2ccccc2)=NC1(NC(=O)c1ccc(F)cc1)C(Cl)Cl. The third-order valence-corrected chi connectivity index (χ3v) is 4.29. The third kappa shape index (κ3) is 3.36. The Morgan fingerprint density at radius 3 is 2.36 bits per heavy atom. The van der Waals surface area contributed by atoms with Gasteiger partial charge in [-0.2, -0.15) is 0 Å². The van der Waals surface area contributed by atoms with Gasteiger partial charge in [-0.1, -0.05) is 53.5 Å². The first kappa shape index (κ1) is 17.4. The van der Waals surface area contributed by atoms with E-state index in [1.54, 1.807) is 12.1 Å². The van der Waals surface area contributed by atoms with Crippen LogP contribution in [0.25, 0.3) is 0 Å². The molecule has 0 aliphatic carbocycles. The van der Waals surface area contributed by atoms with Crippen LogP contribution in [0.1, 0.15) is 15.9 Å². The molecule has 1 aliphatic heterocycles. The van der Waals surface area contributed by atoms with Gasteiger partial charge in [-0.15, -0.1) is 0 Å². The van der Waals surface area contributed by atoms with Crippen molar-refractivity contribution < 1.29 is 9.18 Å². The lowest BCUT2D eigenvalue weighted by atomic mass is 10.1. The van der Waals surface area contributed by atoms with Crippen molar-refractivity contribution in [2.24, 2.45) is 15.7 Å². The number of hydrogen-bond acceptors (Lipinski definition) is 4. The van der Waals surface area contributed by atoms with E-state index in [0.717, 1.165) is 0 Å². The summed E-state index contributed by atoms with van der Waals surface area (Å²) in [6.45, 7) is 0. The molecule has 1 atom stereocenters. The zero-order valence-corrected chi connectivity index (χ0v) is 14.3. The minimum Gasteiger partial charge on any atom is -0.383 e. The van der Waals surface area contributed by atoms with Gasteiger partial charge in [-0.3, -0.25) is 4.79 Å². The lowest BCUT2D eigenvalue weighted by molar-refractivity contribution is 0.0928. The number of nitrogens with zero attached hydrogens (tertiary/aromatic N) is 2. The van der Waals surface area contributed by atoms with Gasteiger partial charge in [-0.05, 0) is 24.3 Å². The number of nitrogens with one attached hydrogen (secondary N) is 1. The Kier molecular flexibility index (Phi) is 4.74. The summed E-state index contributed by atoms with van der Waals surface area (Å²) in [5, 5.41) is 2.61. The van der Waals surface area contributed by atoms with Crippen molar-refractivity contribution >= 4 is 40.8 Å². The number of nitrogens with two attached hydrogens (primary N) is 1. The Morgan fingerprint density at radius 2 is 1.76 bits per heavy atom. The van der Waals surface area contributed by atoms with E-state index >= 15 is 0 Å². The van der Waals surface area contributed by atoms with Crippen LogP contribution in [0.3, 0.4) is 0 Å². The summed E-state index contributed by atoms with van der Waals surface area (Å²) >= 11 is 12.1. The number of amidine groups is 2. The van der Waals surface area contributed by atoms with Crippen LogP contribution < -0.4 is 11.1 Å². The molecule has 3 rings (SSSR count). The molecule has 0 saturated heterocycles. The topological polar surface area (TPSA) is 79.8 Å². The van der Waals surface area contributed by atoms with Crippen molar-refractivity contribution in [1.29, 1.82) is 0 Å². The molecule has 1 amide bonds. The third-order valence-electron chi connectivity index (χ3n) is 3.66. The number of carbonyl (C=O) groups excluding carboxylic acids is 1. The van der Waals surface area contributed by atoms with Crippen molar-refractivity contribution in [3.8, 4) is 0 Å². The normalized spacial score (nSPS) is 19.5. The Labute approximate surface area is 153 Å². The average Bonchev–Trinajstić information content (AvgIpc) is 2.94. The molecule has 8 heteroatoms. The second-order valence-corrected chi connectivity index (χ2v) is 6.42. The zero-order valence-electron chi connectivity index (χ0n) is 12.8. The second kappa shape index (κ2) is 6.82. The van der Waals surface area contributed by atoms with E-state index in [1.807, 2.05) is 18.2 Å². The molecule has 25 heavy (non-hydrogen) atoms. The molecule has 0 bridgehead atoms. The van der Waals surface area contributed by atoms with Gasteiger partial charge in [0.2, 0.25) is 5.66 Å². The van der Waals surface area contributed by atoms with Crippen LogP contribution >= 0.6 is 23.2 Å². The molecule has 0 saturated carbocycles. The summed E-state index contributed by atoms with van der Waals surface area (Å²) in [5.74, 6) is -0.728. The number of halogens is 3. The van der Waals surface area contributed by atoms with Crippen LogP contribution in [-0.2, 0) is 0 Å². The fourth-order valence-corrected chi connectivity index (χ4v) is 2.75. The van der Waals surface area contributed by atoms with E-state index in [-0.39, 0.29) is 11.4 Å². The summed E-state index contributed by atoms with van der Waals surface area (Å²) in [4.78, 5) is 19.9. The first-order valence-corrected chi connectivity index (χ1v) is 8.16. The van der Waals surface area contributed by atoms with Gasteiger partial charge < -0.3 is 11.1 Å². The molecule has 3 N–H and O–H groups in total. The number of aliphatic imine (C=N–C) groups is 2. The van der Waals surface area contributed by atoms with Crippen LogP contribution in [0.4, 0.5) is 4.39 Å². The van der Waals surface area contributed by atoms with Crippen molar-refractivity contribution in [2.45, 2.75) is 10.5 Å². The van der Waals surface area contributed by atoms with Gasteiger partial charge in [0.1, 0.15) is 5.82 Å². The molecular weight excluding hydrogens is 366 g/mol. The van der Waals surface area contributed by atoms with E-state index < -0.39 is 22.2 Å². The molecule has 1 heterocycles. The Morgan fingerprint density at radius 1 is 1.12 bits per heavy atom. The average molecular weight is 379 g/mol. The van der Waals surface area contributed by atoms with Crippen LogP contribution in [0.5, 0.6) is 0 Å². The maximum absolute atomic E-state index is 13.0. The van der Waals surface area contributed by atoms with Crippen LogP contribution in [0.15, 0.2) is 64.6 Å². The van der Waals surface area contributed by atoms with Gasteiger partial charge in [0.25, 0.3) is 5.91 Å². The molecule has 1 aliphatic rings. The maximum atomic E-state index is 13.0. The van der Waals surface area contributed by atoms with Crippen molar-refractivity contribution in [3.05, 3.63) is 71.5 Å². The summed E-state index contributed by atoms with van der Waals surface area (Å²) in [5.41, 5.74) is 5.31. The minimum absolute atomic E-state index is 0.0307. The number of benzene rings is 2. The van der Waals surface area contributed by atoms with Crippen molar-refractivity contribution in [3.63, 3.8) is 0 Å². The fraction of sp³-hybridized carbons (Fsp3) is 0.118. The maximum Gasteiger partial charge on any atom is 0.253 e. The lowest BCUT2D eigenvalue weighted by Gasteiger charge is -2.28. The summed E-state index contributed by atoms with van der Waals surface area (Å²) in [7, 11) is 0. The van der Waals surface area contributed by atoms with Gasteiger partial charge in [0.15, 0.2) is 16.5 Å². The summed E-state index contributed by atoms with van der Waals surface area (Å²) < 4.78 is 13.0. The molecule has 5 nitrogen and oxygen atoms in total. The zero-order chi connectivity index (χ0) is 18.0. The quantitative estimate of drug-likeness (QED) is 0.802. The molecule has 0 spiro atoms. The van der Waals surface area contributed by atoms with E-state index in [1.165, 1.54) is 24.3 Å². The molecule has 0 aromatic heterocycles. The molecular formula is C17H13Cl2FN4O.